The van der Waals surface area contributed by atoms with E-state index in [0.717, 1.165) is 43.4 Å². The summed E-state index contributed by atoms with van der Waals surface area (Å²) < 4.78 is 0. The summed E-state index contributed by atoms with van der Waals surface area (Å²) in [6.45, 7) is 0. The average molecular weight is 274 g/mol. The molecule has 4 nitrogen and oxygen atoms in total. The summed E-state index contributed by atoms with van der Waals surface area (Å²) in [5.74, 6) is 0.368. The Morgan fingerprint density at radius 3 is 2.40 bits per heavy atom. The molecule has 0 bridgehead atoms. The predicted octanol–water partition coefficient (Wildman–Crippen LogP) is 2.49. The first-order valence-corrected chi connectivity index (χ1v) is 7.29. The number of carbonyl (C=O) groups excluding carboxylic acids is 2. The van der Waals surface area contributed by atoms with Gasteiger partial charge >= 0.3 is 0 Å². The van der Waals surface area contributed by atoms with Crippen LogP contribution in [0.2, 0.25) is 0 Å². The Hall–Kier alpha value is -1.84. The van der Waals surface area contributed by atoms with Crippen LogP contribution in [0.5, 0.6) is 0 Å². The van der Waals surface area contributed by atoms with Crippen molar-refractivity contribution in [2.75, 3.05) is 12.4 Å². The lowest BCUT2D eigenvalue weighted by Crippen LogP contribution is -2.20. The molecule has 1 aliphatic carbocycles. The van der Waals surface area contributed by atoms with Gasteiger partial charge in [0, 0.05) is 25.1 Å². The van der Waals surface area contributed by atoms with Crippen molar-refractivity contribution in [1.82, 2.24) is 5.32 Å². The van der Waals surface area contributed by atoms with E-state index in [9.17, 15) is 9.59 Å². The standard InChI is InChI=1S/C16H22N2O2/c1-17-15(19)11-8-12-6-9-14(10-7-12)18-16(20)13-4-2-3-5-13/h6-7,9-10,13H,2-5,8,11H2,1H3,(H,17,19)(H,18,20). The minimum atomic E-state index is 0.0450. The zero-order valence-electron chi connectivity index (χ0n) is 11.9. The Morgan fingerprint density at radius 2 is 1.80 bits per heavy atom. The molecule has 1 aliphatic rings. The molecule has 0 aromatic heterocycles. The van der Waals surface area contributed by atoms with Gasteiger partial charge in [-0.2, -0.15) is 0 Å². The summed E-state index contributed by atoms with van der Waals surface area (Å²) >= 11 is 0. The Balaban J connectivity index is 1.84. The maximum atomic E-state index is 12.0. The average Bonchev–Trinajstić information content (AvgIpc) is 3.00. The number of rotatable bonds is 5. The highest BCUT2D eigenvalue weighted by molar-refractivity contribution is 5.92. The molecule has 1 fully saturated rings. The fourth-order valence-electron chi connectivity index (χ4n) is 2.57. The lowest BCUT2D eigenvalue weighted by molar-refractivity contribution is -0.121. The molecule has 1 aromatic rings. The molecule has 0 unspecified atom stereocenters. The van der Waals surface area contributed by atoms with E-state index in [1.807, 2.05) is 24.3 Å². The second-order valence-corrected chi connectivity index (χ2v) is 5.34. The fraction of sp³-hybridized carbons (Fsp3) is 0.500. The normalized spacial score (nSPS) is 15.1. The summed E-state index contributed by atoms with van der Waals surface area (Å²) in [5, 5.41) is 5.58. The topological polar surface area (TPSA) is 58.2 Å². The third-order valence-electron chi connectivity index (χ3n) is 3.87. The molecule has 20 heavy (non-hydrogen) atoms. The minimum Gasteiger partial charge on any atom is -0.359 e. The summed E-state index contributed by atoms with van der Waals surface area (Å²) in [5.41, 5.74) is 1.94. The van der Waals surface area contributed by atoms with E-state index in [0.29, 0.717) is 6.42 Å². The number of benzene rings is 1. The third kappa shape index (κ3) is 4.08. The van der Waals surface area contributed by atoms with Crippen LogP contribution in [-0.4, -0.2) is 18.9 Å². The molecule has 2 N–H and O–H groups in total. The molecule has 0 heterocycles. The second-order valence-electron chi connectivity index (χ2n) is 5.34. The van der Waals surface area contributed by atoms with Crippen LogP contribution in [0.3, 0.4) is 0 Å². The molecule has 0 saturated heterocycles. The number of aryl methyl sites for hydroxylation is 1. The van der Waals surface area contributed by atoms with Gasteiger partial charge in [-0.15, -0.1) is 0 Å². The van der Waals surface area contributed by atoms with Gasteiger partial charge in [0.25, 0.3) is 0 Å². The van der Waals surface area contributed by atoms with Gasteiger partial charge in [0.2, 0.25) is 11.8 Å². The Kier molecular flexibility index (Phi) is 5.16. The monoisotopic (exact) mass is 274 g/mol. The highest BCUT2D eigenvalue weighted by Gasteiger charge is 2.22. The van der Waals surface area contributed by atoms with Crippen LogP contribution in [0.15, 0.2) is 24.3 Å². The van der Waals surface area contributed by atoms with Crippen LogP contribution in [0.25, 0.3) is 0 Å². The number of anilines is 1. The first kappa shape index (κ1) is 14.6. The van der Waals surface area contributed by atoms with Crippen LogP contribution >= 0.6 is 0 Å². The molecule has 108 valence electrons. The highest BCUT2D eigenvalue weighted by Crippen LogP contribution is 2.26. The van der Waals surface area contributed by atoms with Crippen molar-refractivity contribution >= 4 is 17.5 Å². The molecule has 1 saturated carbocycles. The van der Waals surface area contributed by atoms with Gasteiger partial charge in [0.1, 0.15) is 0 Å². The van der Waals surface area contributed by atoms with Crippen LogP contribution in [0.1, 0.15) is 37.7 Å². The van der Waals surface area contributed by atoms with Gasteiger partial charge in [-0.05, 0) is 37.0 Å². The SMILES string of the molecule is CNC(=O)CCc1ccc(NC(=O)C2CCCC2)cc1. The quantitative estimate of drug-likeness (QED) is 0.866. The molecule has 4 heteroatoms. The van der Waals surface area contributed by atoms with Crippen molar-refractivity contribution in [3.05, 3.63) is 29.8 Å². The zero-order valence-corrected chi connectivity index (χ0v) is 11.9. The van der Waals surface area contributed by atoms with E-state index in [1.54, 1.807) is 7.05 Å². The molecule has 2 amide bonds. The van der Waals surface area contributed by atoms with E-state index in [-0.39, 0.29) is 17.7 Å². The largest absolute Gasteiger partial charge is 0.359 e. The molecular weight excluding hydrogens is 252 g/mol. The molecule has 0 radical (unpaired) electrons. The van der Waals surface area contributed by atoms with E-state index >= 15 is 0 Å². The predicted molar refractivity (Wildman–Crippen MR) is 79.4 cm³/mol. The number of hydrogen-bond donors (Lipinski definition) is 2. The van der Waals surface area contributed by atoms with Crippen molar-refractivity contribution in [3.63, 3.8) is 0 Å². The molecule has 2 rings (SSSR count). The van der Waals surface area contributed by atoms with E-state index in [4.69, 9.17) is 0 Å². The summed E-state index contributed by atoms with van der Waals surface area (Å²) in [6, 6.07) is 7.75. The van der Waals surface area contributed by atoms with Crippen molar-refractivity contribution in [2.45, 2.75) is 38.5 Å². The summed E-state index contributed by atoms with van der Waals surface area (Å²) in [6.07, 6.45) is 5.56. The van der Waals surface area contributed by atoms with Crippen molar-refractivity contribution < 1.29 is 9.59 Å². The molecular formula is C16H22N2O2. The van der Waals surface area contributed by atoms with Crippen LogP contribution < -0.4 is 10.6 Å². The van der Waals surface area contributed by atoms with Gasteiger partial charge in [0.15, 0.2) is 0 Å². The smallest absolute Gasteiger partial charge is 0.227 e. The first-order valence-electron chi connectivity index (χ1n) is 7.29. The van der Waals surface area contributed by atoms with Gasteiger partial charge in [0.05, 0.1) is 0 Å². The number of carbonyl (C=O) groups is 2. The highest BCUT2D eigenvalue weighted by atomic mass is 16.2. The number of hydrogen-bond acceptors (Lipinski definition) is 2. The van der Waals surface area contributed by atoms with Crippen molar-refractivity contribution in [3.8, 4) is 0 Å². The number of nitrogens with one attached hydrogen (secondary N) is 2. The van der Waals surface area contributed by atoms with Crippen molar-refractivity contribution in [2.24, 2.45) is 5.92 Å². The van der Waals surface area contributed by atoms with E-state index in [1.165, 1.54) is 0 Å². The first-order chi connectivity index (χ1) is 9.69. The number of amides is 2. The molecule has 0 spiro atoms. The van der Waals surface area contributed by atoms with Crippen LogP contribution in [-0.2, 0) is 16.0 Å². The van der Waals surface area contributed by atoms with Crippen LogP contribution in [0.4, 0.5) is 5.69 Å². The van der Waals surface area contributed by atoms with Gasteiger partial charge < -0.3 is 10.6 Å². The van der Waals surface area contributed by atoms with Gasteiger partial charge in [-0.1, -0.05) is 25.0 Å². The maximum Gasteiger partial charge on any atom is 0.227 e. The summed E-state index contributed by atoms with van der Waals surface area (Å²) in [7, 11) is 1.64. The fourth-order valence-corrected chi connectivity index (χ4v) is 2.57. The Morgan fingerprint density at radius 1 is 1.15 bits per heavy atom. The Bertz CT molecular complexity index is 462. The molecule has 0 atom stereocenters. The minimum absolute atomic E-state index is 0.0450. The molecule has 0 aliphatic heterocycles. The van der Waals surface area contributed by atoms with Gasteiger partial charge in [-0.3, -0.25) is 9.59 Å². The van der Waals surface area contributed by atoms with Gasteiger partial charge in [-0.25, -0.2) is 0 Å². The van der Waals surface area contributed by atoms with Crippen molar-refractivity contribution in [1.29, 1.82) is 0 Å². The second kappa shape index (κ2) is 7.08. The maximum absolute atomic E-state index is 12.0. The lowest BCUT2D eigenvalue weighted by atomic mass is 10.1. The zero-order chi connectivity index (χ0) is 14.4. The lowest BCUT2D eigenvalue weighted by Gasteiger charge is -2.10. The van der Waals surface area contributed by atoms with Crippen LogP contribution in [0, 0.1) is 5.92 Å². The van der Waals surface area contributed by atoms with E-state index < -0.39 is 0 Å². The molecule has 1 aromatic carbocycles. The Labute approximate surface area is 119 Å². The van der Waals surface area contributed by atoms with E-state index in [2.05, 4.69) is 10.6 Å². The third-order valence-corrected chi connectivity index (χ3v) is 3.87. The summed E-state index contributed by atoms with van der Waals surface area (Å²) in [4.78, 5) is 23.2.